The first-order valence-corrected chi connectivity index (χ1v) is 9.78. The third-order valence-electron chi connectivity index (χ3n) is 4.56. The Balaban J connectivity index is 2.21. The predicted octanol–water partition coefficient (Wildman–Crippen LogP) is 0.456. The molecule has 0 saturated carbocycles. The van der Waals surface area contributed by atoms with Crippen LogP contribution in [-0.2, 0) is 16.7 Å². The Morgan fingerprint density at radius 3 is 2.54 bits per heavy atom. The molecule has 2 aliphatic rings. The van der Waals surface area contributed by atoms with Crippen LogP contribution in [0.3, 0.4) is 0 Å². The van der Waals surface area contributed by atoms with Crippen molar-refractivity contribution in [3.63, 3.8) is 0 Å². The van der Waals surface area contributed by atoms with Gasteiger partial charge in [-0.3, -0.25) is 0 Å². The molecule has 0 aromatic heterocycles. The maximum atomic E-state index is 11.9. The standard InChI is InChI=1S/C20H16N2O5S/c21-22-13-6-8-15-18(10-13)27-17-9-12(11-23)5-7-14(17)20(15)16-3-1-2-4-19(16)28(24,25)26/h1-10,23H,11,21H2,(H,24,25,26)/b22-13-. The van der Waals surface area contributed by atoms with Gasteiger partial charge in [-0.1, -0.05) is 30.3 Å². The Morgan fingerprint density at radius 1 is 1.04 bits per heavy atom. The van der Waals surface area contributed by atoms with Gasteiger partial charge in [0, 0.05) is 28.1 Å². The summed E-state index contributed by atoms with van der Waals surface area (Å²) in [4.78, 5) is -0.309. The monoisotopic (exact) mass is 396 g/mol. The number of fused-ring (bicyclic) bond motifs is 2. The first-order chi connectivity index (χ1) is 13.4. The van der Waals surface area contributed by atoms with E-state index in [4.69, 9.17) is 10.3 Å². The van der Waals surface area contributed by atoms with Gasteiger partial charge in [0.2, 0.25) is 5.36 Å². The molecule has 4 N–H and O–H groups in total. The largest absolute Gasteiger partial charge is 0.744 e. The Labute approximate surface area is 160 Å². The van der Waals surface area contributed by atoms with E-state index in [1.54, 1.807) is 48.5 Å². The van der Waals surface area contributed by atoms with Gasteiger partial charge in [-0.15, -0.1) is 5.10 Å². The smallest absolute Gasteiger partial charge is 0.229 e. The van der Waals surface area contributed by atoms with Gasteiger partial charge in [0.25, 0.3) is 0 Å². The van der Waals surface area contributed by atoms with Crippen molar-refractivity contribution in [3.8, 4) is 22.5 Å². The van der Waals surface area contributed by atoms with Crippen molar-refractivity contribution in [2.45, 2.75) is 11.5 Å². The van der Waals surface area contributed by atoms with Crippen molar-refractivity contribution in [2.75, 3.05) is 0 Å². The van der Waals surface area contributed by atoms with Crippen LogP contribution in [0, 0.1) is 0 Å². The van der Waals surface area contributed by atoms with Crippen molar-refractivity contribution in [1.29, 1.82) is 0 Å². The Morgan fingerprint density at radius 2 is 1.82 bits per heavy atom. The number of aliphatic hydroxyl groups excluding tert-OH is 1. The van der Waals surface area contributed by atoms with Crippen molar-refractivity contribution < 1.29 is 27.6 Å². The van der Waals surface area contributed by atoms with Gasteiger partial charge in [-0.25, -0.2) is 14.3 Å². The molecule has 0 unspecified atom stereocenters. The lowest BCUT2D eigenvalue weighted by molar-refractivity contribution is -0.512. The zero-order valence-electron chi connectivity index (χ0n) is 14.5. The highest BCUT2D eigenvalue weighted by molar-refractivity contribution is 7.85. The second-order valence-corrected chi connectivity index (χ2v) is 7.62. The third-order valence-corrected chi connectivity index (χ3v) is 5.46. The summed E-state index contributed by atoms with van der Waals surface area (Å²) >= 11 is 0. The summed E-state index contributed by atoms with van der Waals surface area (Å²) in [5.74, 6) is 5.93. The van der Waals surface area contributed by atoms with Crippen LogP contribution < -0.4 is 16.3 Å². The normalized spacial score (nSPS) is 12.7. The van der Waals surface area contributed by atoms with Crippen LogP contribution in [0.5, 0.6) is 0 Å². The number of hydrogen-bond acceptors (Lipinski definition) is 6. The van der Waals surface area contributed by atoms with Crippen molar-refractivity contribution in [2.24, 2.45) is 5.84 Å². The van der Waals surface area contributed by atoms with Crippen LogP contribution >= 0.6 is 0 Å². The minimum absolute atomic E-state index is 0.172. The quantitative estimate of drug-likeness (QED) is 0.200. The molecule has 0 fully saturated rings. The number of rotatable bonds is 3. The Hall–Kier alpha value is -3.20. The summed E-state index contributed by atoms with van der Waals surface area (Å²) in [7, 11) is -4.70. The molecule has 8 heteroatoms. The zero-order valence-corrected chi connectivity index (χ0v) is 15.4. The highest BCUT2D eigenvalue weighted by atomic mass is 32.2. The fraction of sp³-hybridized carbons (Fsp3) is 0.0500. The van der Waals surface area contributed by atoms with E-state index in [0.29, 0.717) is 38.8 Å². The maximum absolute atomic E-state index is 11.9. The van der Waals surface area contributed by atoms with Crippen LogP contribution in [-0.4, -0.2) is 18.1 Å². The van der Waals surface area contributed by atoms with Crippen LogP contribution in [0.1, 0.15) is 5.56 Å². The molecule has 0 saturated heterocycles. The number of aliphatic hydroxyl groups is 1. The molecule has 0 atom stereocenters. The van der Waals surface area contributed by atoms with E-state index in [9.17, 15) is 18.1 Å². The van der Waals surface area contributed by atoms with Crippen LogP contribution in [0.25, 0.3) is 33.4 Å². The summed E-state index contributed by atoms with van der Waals surface area (Å²) in [6, 6.07) is 16.3. The second kappa shape index (κ2) is 6.75. The molecule has 1 heterocycles. The fourth-order valence-electron chi connectivity index (χ4n) is 3.30. The molecule has 28 heavy (non-hydrogen) atoms. The Kier molecular flexibility index (Phi) is 4.38. The fourth-order valence-corrected chi connectivity index (χ4v) is 3.99. The van der Waals surface area contributed by atoms with Crippen molar-refractivity contribution in [3.05, 3.63) is 71.6 Å². The summed E-state index contributed by atoms with van der Waals surface area (Å²) in [6.45, 7) is -0.172. The summed E-state index contributed by atoms with van der Waals surface area (Å²) in [5.41, 5.74) is 2.55. The van der Waals surface area contributed by atoms with Crippen LogP contribution in [0.15, 0.2) is 70.0 Å². The topological polar surface area (TPSA) is 131 Å². The molecule has 1 aliphatic heterocycles. The van der Waals surface area contributed by atoms with Crippen LogP contribution in [0.2, 0.25) is 0 Å². The molecule has 0 bridgehead atoms. The molecule has 0 amide bonds. The molecule has 1 aliphatic carbocycles. The SMILES string of the molecule is N/[NH+]=c1/ccc2c(-c3ccccc3S(=O)(=O)[O-])c3ccc(CO)cc3oc-2c1. The van der Waals surface area contributed by atoms with E-state index in [1.807, 2.05) is 0 Å². The van der Waals surface area contributed by atoms with Gasteiger partial charge < -0.3 is 14.1 Å². The number of nitrogens with one attached hydrogen (secondary N) is 1. The number of nitrogens with two attached hydrogens (primary N) is 1. The first-order valence-electron chi connectivity index (χ1n) is 8.37. The maximum Gasteiger partial charge on any atom is 0.229 e. The predicted molar refractivity (Wildman–Crippen MR) is 100 cm³/mol. The summed E-state index contributed by atoms with van der Waals surface area (Å²) in [6.07, 6.45) is 0. The van der Waals surface area contributed by atoms with Gasteiger partial charge >= 0.3 is 0 Å². The van der Waals surface area contributed by atoms with Crippen molar-refractivity contribution >= 4 is 21.1 Å². The highest BCUT2D eigenvalue weighted by Crippen LogP contribution is 2.42. The second-order valence-electron chi connectivity index (χ2n) is 6.27. The average molecular weight is 396 g/mol. The van der Waals surface area contributed by atoms with E-state index >= 15 is 0 Å². The van der Waals surface area contributed by atoms with E-state index in [-0.39, 0.29) is 17.1 Å². The zero-order chi connectivity index (χ0) is 19.9. The average Bonchev–Trinajstić information content (AvgIpc) is 2.70. The molecule has 4 rings (SSSR count). The van der Waals surface area contributed by atoms with E-state index in [1.165, 1.54) is 12.1 Å². The molecular formula is C20H16N2O5S. The molecule has 7 nitrogen and oxygen atoms in total. The number of hydrazine groups is 1. The molecule has 0 spiro atoms. The minimum Gasteiger partial charge on any atom is -0.744 e. The van der Waals surface area contributed by atoms with E-state index in [0.717, 1.165) is 0 Å². The van der Waals surface area contributed by atoms with Crippen LogP contribution in [0.4, 0.5) is 0 Å². The molecular weight excluding hydrogens is 380 g/mol. The summed E-state index contributed by atoms with van der Waals surface area (Å²) < 4.78 is 41.6. The highest BCUT2D eigenvalue weighted by Gasteiger charge is 2.21. The van der Waals surface area contributed by atoms with E-state index < -0.39 is 10.1 Å². The number of hydrogen-bond donors (Lipinski definition) is 3. The lowest BCUT2D eigenvalue weighted by Gasteiger charge is -2.19. The van der Waals surface area contributed by atoms with Gasteiger partial charge in [-0.2, -0.15) is 0 Å². The number of benzene rings is 3. The lowest BCUT2D eigenvalue weighted by Crippen LogP contribution is -2.83. The molecule has 142 valence electrons. The van der Waals surface area contributed by atoms with E-state index in [2.05, 4.69) is 5.10 Å². The lowest BCUT2D eigenvalue weighted by atomic mass is 9.93. The molecule has 2 aromatic rings. The van der Waals surface area contributed by atoms with Gasteiger partial charge in [0.1, 0.15) is 21.5 Å². The molecule has 2 aromatic carbocycles. The summed E-state index contributed by atoms with van der Waals surface area (Å²) in [5, 5.41) is 13.2. The van der Waals surface area contributed by atoms with Gasteiger partial charge in [0.15, 0.2) is 0 Å². The van der Waals surface area contributed by atoms with Gasteiger partial charge in [-0.05, 0) is 23.8 Å². The molecule has 0 radical (unpaired) electrons. The minimum atomic E-state index is -4.70. The van der Waals surface area contributed by atoms with Crippen molar-refractivity contribution in [1.82, 2.24) is 0 Å². The Bertz CT molecular complexity index is 1340. The first kappa shape index (κ1) is 18.2. The third kappa shape index (κ3) is 3.03. The van der Waals surface area contributed by atoms with Gasteiger partial charge in [0.05, 0.1) is 17.6 Å².